The summed E-state index contributed by atoms with van der Waals surface area (Å²) in [6.45, 7) is 4.57. The van der Waals surface area contributed by atoms with Crippen molar-refractivity contribution in [2.24, 2.45) is 17.6 Å². The van der Waals surface area contributed by atoms with E-state index >= 15 is 0 Å². The number of nitrogens with zero attached hydrogens (tertiary/aromatic N) is 1. The third-order valence-corrected chi connectivity index (χ3v) is 3.92. The van der Waals surface area contributed by atoms with E-state index in [0.29, 0.717) is 0 Å². The van der Waals surface area contributed by atoms with Crippen molar-refractivity contribution in [1.82, 2.24) is 4.90 Å². The molecule has 2 saturated carbocycles. The van der Waals surface area contributed by atoms with Gasteiger partial charge < -0.3 is 10.6 Å². The van der Waals surface area contributed by atoms with Crippen LogP contribution < -0.4 is 5.73 Å². The fraction of sp³-hybridized carbons (Fsp3) is 1.00. The molecule has 0 aromatic heterocycles. The van der Waals surface area contributed by atoms with Crippen LogP contribution in [0.2, 0.25) is 0 Å². The number of hydrogen-bond acceptors (Lipinski definition) is 2. The molecule has 0 aromatic carbocycles. The van der Waals surface area contributed by atoms with Crippen molar-refractivity contribution in [3.63, 3.8) is 0 Å². The van der Waals surface area contributed by atoms with Crippen molar-refractivity contribution < 1.29 is 0 Å². The average Bonchev–Trinajstić information content (AvgIpc) is 2.77. The summed E-state index contributed by atoms with van der Waals surface area (Å²) < 4.78 is 0. The topological polar surface area (TPSA) is 29.3 Å². The zero-order chi connectivity index (χ0) is 10.2. The summed E-state index contributed by atoms with van der Waals surface area (Å²) in [5.74, 6) is 1.77. The first kappa shape index (κ1) is 10.4. The Kier molecular flexibility index (Phi) is 2.85. The molecule has 0 bridgehead atoms. The van der Waals surface area contributed by atoms with Crippen LogP contribution >= 0.6 is 0 Å². The standard InChI is InChI=1S/C12H24N2/c1-12(13,11-6-7-11)9-14(2)8-10-4-3-5-10/h10-11H,3-9,13H2,1-2H3. The second-order valence-electron chi connectivity index (χ2n) is 5.77. The van der Waals surface area contributed by atoms with Gasteiger partial charge in [0.2, 0.25) is 0 Å². The van der Waals surface area contributed by atoms with E-state index in [4.69, 9.17) is 5.73 Å². The maximum atomic E-state index is 6.32. The molecule has 2 fully saturated rings. The Hall–Kier alpha value is -0.0800. The summed E-state index contributed by atoms with van der Waals surface area (Å²) in [5.41, 5.74) is 6.38. The van der Waals surface area contributed by atoms with Gasteiger partial charge in [0.05, 0.1) is 0 Å². The van der Waals surface area contributed by atoms with Crippen molar-refractivity contribution in [3.05, 3.63) is 0 Å². The van der Waals surface area contributed by atoms with Gasteiger partial charge in [-0.1, -0.05) is 6.42 Å². The van der Waals surface area contributed by atoms with E-state index in [1.165, 1.54) is 38.6 Å². The largest absolute Gasteiger partial charge is 0.324 e. The van der Waals surface area contributed by atoms with Gasteiger partial charge in [0.1, 0.15) is 0 Å². The zero-order valence-corrected chi connectivity index (χ0v) is 9.63. The highest BCUT2D eigenvalue weighted by molar-refractivity contribution is 4.97. The normalized spacial score (nSPS) is 27.4. The summed E-state index contributed by atoms with van der Waals surface area (Å²) in [6.07, 6.45) is 7.03. The number of hydrogen-bond donors (Lipinski definition) is 1. The van der Waals surface area contributed by atoms with E-state index in [-0.39, 0.29) is 5.54 Å². The summed E-state index contributed by atoms with van der Waals surface area (Å²) in [4.78, 5) is 2.45. The molecule has 2 nitrogen and oxygen atoms in total. The highest BCUT2D eigenvalue weighted by Gasteiger charge is 2.39. The molecule has 82 valence electrons. The number of likely N-dealkylation sites (N-methyl/N-ethyl adjacent to an activating group) is 1. The van der Waals surface area contributed by atoms with Gasteiger partial charge in [-0.15, -0.1) is 0 Å². The minimum atomic E-state index is 0.0680. The van der Waals surface area contributed by atoms with Crippen LogP contribution in [0.1, 0.15) is 39.0 Å². The second-order valence-corrected chi connectivity index (χ2v) is 5.77. The summed E-state index contributed by atoms with van der Waals surface area (Å²) in [6, 6.07) is 0. The fourth-order valence-electron chi connectivity index (χ4n) is 2.63. The molecule has 14 heavy (non-hydrogen) atoms. The Balaban J connectivity index is 1.71. The number of nitrogens with two attached hydrogens (primary N) is 1. The lowest BCUT2D eigenvalue weighted by atomic mass is 9.85. The Bertz CT molecular complexity index is 192. The van der Waals surface area contributed by atoms with Crippen LogP contribution in [-0.2, 0) is 0 Å². The molecular weight excluding hydrogens is 172 g/mol. The van der Waals surface area contributed by atoms with Gasteiger partial charge in [-0.05, 0) is 51.5 Å². The Labute approximate surface area is 87.8 Å². The molecule has 0 spiro atoms. The Morgan fingerprint density at radius 1 is 1.29 bits per heavy atom. The van der Waals surface area contributed by atoms with Gasteiger partial charge in [0.15, 0.2) is 0 Å². The summed E-state index contributed by atoms with van der Waals surface area (Å²) in [5, 5.41) is 0. The Morgan fingerprint density at radius 2 is 1.93 bits per heavy atom. The second kappa shape index (κ2) is 3.82. The van der Waals surface area contributed by atoms with Gasteiger partial charge in [-0.25, -0.2) is 0 Å². The molecule has 0 saturated heterocycles. The first-order chi connectivity index (χ1) is 6.58. The molecule has 2 N–H and O–H groups in total. The van der Waals surface area contributed by atoms with Crippen LogP contribution in [0, 0.1) is 11.8 Å². The van der Waals surface area contributed by atoms with Crippen LogP contribution in [0.4, 0.5) is 0 Å². The quantitative estimate of drug-likeness (QED) is 0.727. The molecule has 0 heterocycles. The molecule has 0 amide bonds. The monoisotopic (exact) mass is 196 g/mol. The van der Waals surface area contributed by atoms with Crippen molar-refractivity contribution in [3.8, 4) is 0 Å². The molecule has 0 radical (unpaired) electrons. The first-order valence-corrected chi connectivity index (χ1v) is 6.05. The van der Waals surface area contributed by atoms with Gasteiger partial charge in [-0.3, -0.25) is 0 Å². The highest BCUT2D eigenvalue weighted by Crippen LogP contribution is 2.38. The van der Waals surface area contributed by atoms with Crippen LogP contribution in [0.3, 0.4) is 0 Å². The molecule has 0 aromatic rings. The Morgan fingerprint density at radius 3 is 2.36 bits per heavy atom. The molecule has 1 unspecified atom stereocenters. The third kappa shape index (κ3) is 2.48. The summed E-state index contributed by atoms with van der Waals surface area (Å²) >= 11 is 0. The van der Waals surface area contributed by atoms with E-state index in [1.54, 1.807) is 0 Å². The van der Waals surface area contributed by atoms with E-state index in [1.807, 2.05) is 0 Å². The molecule has 2 heteroatoms. The van der Waals surface area contributed by atoms with Gasteiger partial charge in [0, 0.05) is 18.6 Å². The van der Waals surface area contributed by atoms with E-state index < -0.39 is 0 Å². The van der Waals surface area contributed by atoms with Crippen LogP contribution in [0.5, 0.6) is 0 Å². The fourth-order valence-corrected chi connectivity index (χ4v) is 2.63. The van der Waals surface area contributed by atoms with Crippen LogP contribution in [0.15, 0.2) is 0 Å². The highest BCUT2D eigenvalue weighted by atomic mass is 15.1. The average molecular weight is 196 g/mol. The zero-order valence-electron chi connectivity index (χ0n) is 9.63. The molecule has 1 atom stereocenters. The minimum Gasteiger partial charge on any atom is -0.324 e. The van der Waals surface area contributed by atoms with Gasteiger partial charge in [-0.2, -0.15) is 0 Å². The SMILES string of the molecule is CN(CC1CCC1)CC(C)(N)C1CC1. The van der Waals surface area contributed by atoms with Gasteiger partial charge in [0.25, 0.3) is 0 Å². The van der Waals surface area contributed by atoms with Crippen LogP contribution in [0.25, 0.3) is 0 Å². The summed E-state index contributed by atoms with van der Waals surface area (Å²) in [7, 11) is 2.23. The first-order valence-electron chi connectivity index (χ1n) is 6.05. The lowest BCUT2D eigenvalue weighted by molar-refractivity contribution is 0.170. The molecule has 0 aliphatic heterocycles. The maximum Gasteiger partial charge on any atom is 0.0283 e. The predicted octanol–water partition coefficient (Wildman–Crippen LogP) is 1.85. The molecule has 2 rings (SSSR count). The minimum absolute atomic E-state index is 0.0680. The number of rotatable bonds is 5. The lowest BCUT2D eigenvalue weighted by Gasteiger charge is -2.35. The maximum absolute atomic E-state index is 6.32. The van der Waals surface area contributed by atoms with E-state index in [2.05, 4.69) is 18.9 Å². The van der Waals surface area contributed by atoms with Crippen molar-refractivity contribution in [2.75, 3.05) is 20.1 Å². The lowest BCUT2D eigenvalue weighted by Crippen LogP contribution is -2.49. The van der Waals surface area contributed by atoms with Crippen molar-refractivity contribution in [1.29, 1.82) is 0 Å². The van der Waals surface area contributed by atoms with Crippen molar-refractivity contribution in [2.45, 2.75) is 44.6 Å². The predicted molar refractivity (Wildman–Crippen MR) is 60.2 cm³/mol. The van der Waals surface area contributed by atoms with Crippen LogP contribution in [-0.4, -0.2) is 30.6 Å². The van der Waals surface area contributed by atoms with E-state index in [0.717, 1.165) is 18.4 Å². The van der Waals surface area contributed by atoms with Crippen molar-refractivity contribution >= 4 is 0 Å². The van der Waals surface area contributed by atoms with Gasteiger partial charge >= 0.3 is 0 Å². The molecular formula is C12H24N2. The molecule has 2 aliphatic carbocycles. The third-order valence-electron chi connectivity index (χ3n) is 3.92. The molecule has 2 aliphatic rings. The van der Waals surface area contributed by atoms with E-state index in [9.17, 15) is 0 Å². The smallest absolute Gasteiger partial charge is 0.0283 e.